The third-order valence-corrected chi connectivity index (χ3v) is 7.60. The summed E-state index contributed by atoms with van der Waals surface area (Å²) < 4.78 is 8.22. The molecule has 1 aromatic carbocycles. The molecule has 3 aliphatic rings. The fraction of sp³-hybridized carbons (Fsp3) is 0.654. The fourth-order valence-electron chi connectivity index (χ4n) is 5.66. The Morgan fingerprint density at radius 2 is 1.69 bits per heavy atom. The second kappa shape index (κ2) is 10.3. The fourth-order valence-corrected chi connectivity index (χ4v) is 5.66. The first-order valence-electron chi connectivity index (χ1n) is 12.7. The number of benzene rings is 1. The van der Waals surface area contributed by atoms with E-state index in [-0.39, 0.29) is 5.91 Å². The van der Waals surface area contributed by atoms with E-state index >= 15 is 0 Å². The van der Waals surface area contributed by atoms with Crippen molar-refractivity contribution in [2.24, 2.45) is 5.92 Å². The number of fused-ring (bicyclic) bond motifs is 3. The van der Waals surface area contributed by atoms with Crippen molar-refractivity contribution in [3.05, 3.63) is 29.8 Å². The van der Waals surface area contributed by atoms with Crippen LogP contribution in [0.3, 0.4) is 0 Å². The van der Waals surface area contributed by atoms with E-state index in [1.807, 2.05) is 0 Å². The average molecular weight is 439 g/mol. The first-order chi connectivity index (χ1) is 15.8. The number of carbonyl (C=O) groups excluding carboxylic acids is 1. The summed E-state index contributed by atoms with van der Waals surface area (Å²) in [4.78, 5) is 18.1. The van der Waals surface area contributed by atoms with Gasteiger partial charge in [0.1, 0.15) is 0 Å². The van der Waals surface area contributed by atoms with Crippen LogP contribution in [0.5, 0.6) is 5.88 Å². The third-order valence-electron chi connectivity index (χ3n) is 7.60. The molecule has 3 aliphatic heterocycles. The van der Waals surface area contributed by atoms with Crippen LogP contribution in [-0.4, -0.2) is 72.7 Å². The molecule has 5 rings (SSSR count). The highest BCUT2D eigenvalue weighted by Crippen LogP contribution is 2.34. The molecule has 0 unspecified atom stereocenters. The molecule has 0 atom stereocenters. The summed E-state index contributed by atoms with van der Waals surface area (Å²) >= 11 is 0. The molecule has 1 aromatic heterocycles. The van der Waals surface area contributed by atoms with E-state index < -0.39 is 0 Å². The summed E-state index contributed by atoms with van der Waals surface area (Å²) in [7, 11) is 0. The Bertz CT molecular complexity index is 910. The molecule has 0 saturated carbocycles. The zero-order valence-electron chi connectivity index (χ0n) is 19.4. The highest BCUT2D eigenvalue weighted by atomic mass is 16.5. The number of aryl methyl sites for hydroxylation is 1. The number of piperidine rings is 2. The van der Waals surface area contributed by atoms with Gasteiger partial charge in [0.15, 0.2) is 5.88 Å². The predicted molar refractivity (Wildman–Crippen MR) is 128 cm³/mol. The number of nitrogens with zero attached hydrogens (tertiary/aromatic N) is 3. The van der Waals surface area contributed by atoms with Crippen LogP contribution in [0.4, 0.5) is 0 Å². The van der Waals surface area contributed by atoms with Gasteiger partial charge in [-0.15, -0.1) is 0 Å². The van der Waals surface area contributed by atoms with Gasteiger partial charge in [-0.25, -0.2) is 0 Å². The van der Waals surface area contributed by atoms with Crippen LogP contribution in [0, 0.1) is 5.92 Å². The molecule has 6 nitrogen and oxygen atoms in total. The lowest BCUT2D eigenvalue weighted by molar-refractivity contribution is -0.120. The number of likely N-dealkylation sites (tertiary alicyclic amines) is 2. The number of amides is 1. The molecule has 174 valence electrons. The Hall–Kier alpha value is -2.05. The van der Waals surface area contributed by atoms with Crippen molar-refractivity contribution in [3.63, 3.8) is 0 Å². The maximum atomic E-state index is 12.8. The number of carbonyl (C=O) groups is 1. The van der Waals surface area contributed by atoms with Gasteiger partial charge < -0.3 is 24.4 Å². The minimum Gasteiger partial charge on any atom is -0.479 e. The lowest BCUT2D eigenvalue weighted by atomic mass is 9.96. The van der Waals surface area contributed by atoms with Crippen LogP contribution in [0.15, 0.2) is 24.3 Å². The number of nitrogens with one attached hydrogen (secondary N) is 1. The zero-order chi connectivity index (χ0) is 21.8. The first kappa shape index (κ1) is 21.8. The lowest BCUT2D eigenvalue weighted by Gasteiger charge is -2.34. The predicted octanol–water partition coefficient (Wildman–Crippen LogP) is 3.28. The van der Waals surface area contributed by atoms with Gasteiger partial charge in [-0.3, -0.25) is 4.79 Å². The molecular formula is C26H38N4O2. The molecule has 0 spiro atoms. The summed E-state index contributed by atoms with van der Waals surface area (Å²) in [6.45, 7) is 9.83. The standard InChI is InChI=1S/C26H38N4O2/c31-25(19-23-22-7-2-3-8-24(22)30-13-6-18-32-26(23)30)27-20-21-9-14-29(15-10-21)17-16-28-11-4-1-5-12-28/h2-3,7-8,21H,1,4-6,9-20H2,(H,27,31). The van der Waals surface area contributed by atoms with Gasteiger partial charge in [-0.05, 0) is 70.3 Å². The minimum atomic E-state index is 0.117. The number of aromatic nitrogens is 1. The molecule has 4 heterocycles. The zero-order valence-corrected chi connectivity index (χ0v) is 19.4. The lowest BCUT2D eigenvalue weighted by Crippen LogP contribution is -2.43. The topological polar surface area (TPSA) is 49.7 Å². The Kier molecular flexibility index (Phi) is 6.98. The van der Waals surface area contributed by atoms with Gasteiger partial charge in [0, 0.05) is 37.1 Å². The SMILES string of the molecule is O=C(Cc1c2n(c3ccccc13)CCCO2)NCC1CCN(CCN2CCCCC2)CC1. The molecule has 1 amide bonds. The number of rotatable bonds is 7. The smallest absolute Gasteiger partial charge is 0.224 e. The van der Waals surface area contributed by atoms with Gasteiger partial charge in [0.2, 0.25) is 5.91 Å². The molecular weight excluding hydrogens is 400 g/mol. The van der Waals surface area contributed by atoms with Crippen LogP contribution in [0.25, 0.3) is 10.9 Å². The summed E-state index contributed by atoms with van der Waals surface area (Å²) in [5.74, 6) is 1.61. The number of ether oxygens (including phenoxy) is 1. The summed E-state index contributed by atoms with van der Waals surface area (Å²) in [6.07, 6.45) is 7.95. The quantitative estimate of drug-likeness (QED) is 0.721. The second-order valence-corrected chi connectivity index (χ2v) is 9.82. The van der Waals surface area contributed by atoms with Crippen molar-refractivity contribution in [1.29, 1.82) is 0 Å². The molecule has 2 saturated heterocycles. The van der Waals surface area contributed by atoms with Gasteiger partial charge >= 0.3 is 0 Å². The number of hydrogen-bond acceptors (Lipinski definition) is 4. The second-order valence-electron chi connectivity index (χ2n) is 9.82. The van der Waals surface area contributed by atoms with Crippen LogP contribution in [-0.2, 0) is 17.8 Å². The van der Waals surface area contributed by atoms with Crippen molar-refractivity contribution < 1.29 is 9.53 Å². The Morgan fingerprint density at radius 3 is 2.50 bits per heavy atom. The van der Waals surface area contributed by atoms with E-state index in [1.165, 1.54) is 76.9 Å². The highest BCUT2D eigenvalue weighted by Gasteiger charge is 2.24. The van der Waals surface area contributed by atoms with E-state index in [4.69, 9.17) is 4.74 Å². The van der Waals surface area contributed by atoms with Crippen LogP contribution >= 0.6 is 0 Å². The van der Waals surface area contributed by atoms with Crippen molar-refractivity contribution >= 4 is 16.8 Å². The summed E-state index contributed by atoms with van der Waals surface area (Å²) in [5, 5.41) is 4.38. The molecule has 0 radical (unpaired) electrons. The van der Waals surface area contributed by atoms with Gasteiger partial charge in [0.05, 0.1) is 18.5 Å². The normalized spacial score (nSPS) is 20.8. The first-order valence-corrected chi connectivity index (χ1v) is 12.7. The number of para-hydroxylation sites is 1. The summed E-state index contributed by atoms with van der Waals surface area (Å²) in [6, 6.07) is 8.36. The maximum absolute atomic E-state index is 12.8. The average Bonchev–Trinajstić information content (AvgIpc) is 3.16. The summed E-state index contributed by atoms with van der Waals surface area (Å²) in [5.41, 5.74) is 2.23. The van der Waals surface area contributed by atoms with E-state index in [2.05, 4.69) is 43.9 Å². The van der Waals surface area contributed by atoms with Crippen molar-refractivity contribution in [3.8, 4) is 5.88 Å². The third kappa shape index (κ3) is 4.96. The van der Waals surface area contributed by atoms with Gasteiger partial charge in [0.25, 0.3) is 0 Å². The van der Waals surface area contributed by atoms with E-state index in [1.54, 1.807) is 0 Å². The van der Waals surface area contributed by atoms with Crippen molar-refractivity contribution in [1.82, 2.24) is 19.7 Å². The Labute approximate surface area is 191 Å². The van der Waals surface area contributed by atoms with Crippen LogP contribution in [0.2, 0.25) is 0 Å². The largest absolute Gasteiger partial charge is 0.479 e. The molecule has 0 bridgehead atoms. The van der Waals surface area contributed by atoms with Gasteiger partial charge in [-0.2, -0.15) is 0 Å². The van der Waals surface area contributed by atoms with Gasteiger partial charge in [-0.1, -0.05) is 24.6 Å². The van der Waals surface area contributed by atoms with E-state index in [0.717, 1.165) is 42.9 Å². The van der Waals surface area contributed by atoms with Crippen molar-refractivity contribution in [2.45, 2.75) is 51.5 Å². The molecule has 2 aromatic rings. The molecule has 2 fully saturated rings. The monoisotopic (exact) mass is 438 g/mol. The molecule has 6 heteroatoms. The van der Waals surface area contributed by atoms with E-state index in [0.29, 0.717) is 12.3 Å². The maximum Gasteiger partial charge on any atom is 0.224 e. The van der Waals surface area contributed by atoms with Crippen LogP contribution < -0.4 is 10.1 Å². The van der Waals surface area contributed by atoms with Crippen LogP contribution in [0.1, 0.15) is 44.1 Å². The molecule has 32 heavy (non-hydrogen) atoms. The van der Waals surface area contributed by atoms with Crippen molar-refractivity contribution in [2.75, 3.05) is 52.4 Å². The minimum absolute atomic E-state index is 0.117. The van der Waals surface area contributed by atoms with E-state index in [9.17, 15) is 4.79 Å². The number of hydrogen-bond donors (Lipinski definition) is 1. The molecule has 1 N–H and O–H groups in total. The molecule has 0 aliphatic carbocycles. The highest BCUT2D eigenvalue weighted by molar-refractivity contribution is 5.92. The Morgan fingerprint density at radius 1 is 0.938 bits per heavy atom. The Balaban J connectivity index is 1.09.